The number of hydrogen-bond acceptors (Lipinski definition) is 8. The lowest BCUT2D eigenvalue weighted by Gasteiger charge is -2.36. The molecule has 2 atom stereocenters. The van der Waals surface area contributed by atoms with Crippen LogP contribution in [0.5, 0.6) is 0 Å². The van der Waals surface area contributed by atoms with Crippen molar-refractivity contribution in [3.05, 3.63) is 42.0 Å². The molecule has 0 spiro atoms. The predicted molar refractivity (Wildman–Crippen MR) is 131 cm³/mol. The third kappa shape index (κ3) is 4.78. The maximum atomic E-state index is 5.93. The summed E-state index contributed by atoms with van der Waals surface area (Å²) in [4.78, 5) is 19.5. The maximum Gasteiger partial charge on any atom is 0.229 e. The van der Waals surface area contributed by atoms with Crippen LogP contribution in [0, 0.1) is 0 Å². The molecule has 2 aliphatic rings. The molecule has 2 aliphatic heterocycles. The van der Waals surface area contributed by atoms with E-state index in [1.54, 1.807) is 0 Å². The SMILES string of the molecule is CNCc1cccc(-c2ccc3c(N4CCOCC4)nc(N4C[C@@H](C)O[C@@H](C)C4)nc3n2)c1. The summed E-state index contributed by atoms with van der Waals surface area (Å²) in [5.41, 5.74) is 3.96. The molecular formula is C25H32N6O2. The van der Waals surface area contributed by atoms with Crippen LogP contribution in [0.25, 0.3) is 22.3 Å². The molecular weight excluding hydrogens is 416 g/mol. The van der Waals surface area contributed by atoms with Gasteiger partial charge in [0.25, 0.3) is 0 Å². The van der Waals surface area contributed by atoms with Crippen LogP contribution >= 0.6 is 0 Å². The first-order valence-corrected chi connectivity index (χ1v) is 11.8. The first-order valence-electron chi connectivity index (χ1n) is 11.8. The zero-order valence-corrected chi connectivity index (χ0v) is 19.6. The lowest BCUT2D eigenvalue weighted by Crippen LogP contribution is -2.46. The number of nitrogens with one attached hydrogen (secondary N) is 1. The fourth-order valence-electron chi connectivity index (χ4n) is 4.69. The summed E-state index contributed by atoms with van der Waals surface area (Å²) in [5, 5.41) is 4.19. The Morgan fingerprint density at radius 2 is 1.76 bits per heavy atom. The van der Waals surface area contributed by atoms with Gasteiger partial charge in [-0.25, -0.2) is 4.98 Å². The fourth-order valence-corrected chi connectivity index (χ4v) is 4.69. The van der Waals surface area contributed by atoms with Gasteiger partial charge in [-0.3, -0.25) is 0 Å². The number of anilines is 2. The van der Waals surface area contributed by atoms with E-state index in [4.69, 9.17) is 24.4 Å². The highest BCUT2D eigenvalue weighted by Crippen LogP contribution is 2.30. The Kier molecular flexibility index (Phi) is 6.39. The molecule has 2 saturated heterocycles. The van der Waals surface area contributed by atoms with E-state index in [0.29, 0.717) is 13.2 Å². The van der Waals surface area contributed by atoms with E-state index in [0.717, 1.165) is 66.8 Å². The van der Waals surface area contributed by atoms with Crippen molar-refractivity contribution in [2.75, 3.05) is 56.2 Å². The van der Waals surface area contributed by atoms with Gasteiger partial charge in [0.1, 0.15) is 5.82 Å². The number of aromatic nitrogens is 3. The van der Waals surface area contributed by atoms with Gasteiger partial charge in [-0.05, 0) is 44.7 Å². The second kappa shape index (κ2) is 9.59. The van der Waals surface area contributed by atoms with Gasteiger partial charge in [0.05, 0.1) is 36.5 Å². The van der Waals surface area contributed by atoms with Crippen LogP contribution in [0.4, 0.5) is 11.8 Å². The van der Waals surface area contributed by atoms with Gasteiger partial charge in [-0.15, -0.1) is 0 Å². The molecule has 4 heterocycles. The Morgan fingerprint density at radius 1 is 0.970 bits per heavy atom. The van der Waals surface area contributed by atoms with Gasteiger partial charge >= 0.3 is 0 Å². The molecule has 8 heteroatoms. The van der Waals surface area contributed by atoms with Gasteiger partial charge in [-0.2, -0.15) is 9.97 Å². The summed E-state index contributed by atoms with van der Waals surface area (Å²) in [5.74, 6) is 1.66. The molecule has 0 radical (unpaired) electrons. The molecule has 174 valence electrons. The summed E-state index contributed by atoms with van der Waals surface area (Å²) >= 11 is 0. The van der Waals surface area contributed by atoms with Gasteiger partial charge < -0.3 is 24.6 Å². The van der Waals surface area contributed by atoms with E-state index < -0.39 is 0 Å². The maximum absolute atomic E-state index is 5.93. The van der Waals surface area contributed by atoms with Crippen molar-refractivity contribution in [1.29, 1.82) is 0 Å². The molecule has 0 aliphatic carbocycles. The Balaban J connectivity index is 1.59. The minimum Gasteiger partial charge on any atom is -0.378 e. The summed E-state index contributed by atoms with van der Waals surface area (Å²) in [7, 11) is 1.96. The van der Waals surface area contributed by atoms with E-state index in [2.05, 4.69) is 65.4 Å². The van der Waals surface area contributed by atoms with Crippen LogP contribution in [-0.4, -0.2) is 73.6 Å². The van der Waals surface area contributed by atoms with Gasteiger partial charge in [0.2, 0.25) is 5.95 Å². The smallest absolute Gasteiger partial charge is 0.229 e. The highest BCUT2D eigenvalue weighted by atomic mass is 16.5. The average molecular weight is 449 g/mol. The average Bonchev–Trinajstić information content (AvgIpc) is 2.83. The monoisotopic (exact) mass is 448 g/mol. The summed E-state index contributed by atoms with van der Waals surface area (Å²) in [6, 6.07) is 12.7. The lowest BCUT2D eigenvalue weighted by molar-refractivity contribution is -0.00570. The van der Waals surface area contributed by atoms with Crippen LogP contribution in [0.1, 0.15) is 19.4 Å². The molecule has 2 aromatic heterocycles. The van der Waals surface area contributed by atoms with Crippen LogP contribution in [0.3, 0.4) is 0 Å². The minimum absolute atomic E-state index is 0.133. The van der Waals surface area contributed by atoms with Gasteiger partial charge in [-0.1, -0.05) is 18.2 Å². The summed E-state index contributed by atoms with van der Waals surface area (Å²) in [6.07, 6.45) is 0.267. The third-order valence-electron chi connectivity index (χ3n) is 6.14. The number of ether oxygens (including phenoxy) is 2. The van der Waals surface area contributed by atoms with Crippen LogP contribution in [0.2, 0.25) is 0 Å². The van der Waals surface area contributed by atoms with Crippen molar-refractivity contribution >= 4 is 22.8 Å². The molecule has 33 heavy (non-hydrogen) atoms. The number of pyridine rings is 1. The molecule has 0 bridgehead atoms. The molecule has 1 N–H and O–H groups in total. The second-order valence-corrected chi connectivity index (χ2v) is 8.91. The zero-order valence-electron chi connectivity index (χ0n) is 19.6. The van der Waals surface area contributed by atoms with Crippen molar-refractivity contribution in [3.63, 3.8) is 0 Å². The molecule has 8 nitrogen and oxygen atoms in total. The number of hydrogen-bond donors (Lipinski definition) is 1. The zero-order chi connectivity index (χ0) is 22.8. The van der Waals surface area contributed by atoms with E-state index in [1.807, 2.05) is 7.05 Å². The Hall–Kier alpha value is -2.81. The number of fused-ring (bicyclic) bond motifs is 1. The molecule has 5 rings (SSSR count). The Bertz CT molecular complexity index is 1110. The van der Waals surface area contributed by atoms with E-state index in [1.165, 1.54) is 5.56 Å². The highest BCUT2D eigenvalue weighted by Gasteiger charge is 2.26. The minimum atomic E-state index is 0.133. The van der Waals surface area contributed by atoms with Crippen LogP contribution in [-0.2, 0) is 16.0 Å². The molecule has 2 fully saturated rings. The van der Waals surface area contributed by atoms with Crippen molar-refractivity contribution in [2.24, 2.45) is 0 Å². The summed E-state index contributed by atoms with van der Waals surface area (Å²) < 4.78 is 11.5. The predicted octanol–water partition coefficient (Wildman–Crippen LogP) is 2.86. The molecule has 0 saturated carbocycles. The number of morpholine rings is 2. The number of rotatable bonds is 5. The molecule has 0 unspecified atom stereocenters. The number of benzene rings is 1. The van der Waals surface area contributed by atoms with Gasteiger partial charge in [0, 0.05) is 38.3 Å². The third-order valence-corrected chi connectivity index (χ3v) is 6.14. The first-order chi connectivity index (χ1) is 16.1. The molecule has 3 aromatic rings. The van der Waals surface area contributed by atoms with E-state index in [-0.39, 0.29) is 12.2 Å². The van der Waals surface area contributed by atoms with Crippen LogP contribution < -0.4 is 15.1 Å². The second-order valence-electron chi connectivity index (χ2n) is 8.91. The fraction of sp³-hybridized carbons (Fsp3) is 0.480. The van der Waals surface area contributed by atoms with Crippen LogP contribution in [0.15, 0.2) is 36.4 Å². The lowest BCUT2D eigenvalue weighted by atomic mass is 10.1. The van der Waals surface area contributed by atoms with E-state index in [9.17, 15) is 0 Å². The number of nitrogens with zero attached hydrogens (tertiary/aromatic N) is 5. The van der Waals surface area contributed by atoms with Crippen molar-refractivity contribution in [2.45, 2.75) is 32.6 Å². The first kappa shape index (κ1) is 22.0. The molecule has 1 aromatic carbocycles. The topological polar surface area (TPSA) is 75.6 Å². The summed E-state index contributed by atoms with van der Waals surface area (Å²) in [6.45, 7) is 9.59. The largest absolute Gasteiger partial charge is 0.378 e. The standard InChI is InChI=1S/C25H32N6O2/c1-17-15-31(16-18(2)33-17)25-28-23-21(24(29-25)30-9-11-32-12-10-30)7-8-22(27-23)20-6-4-5-19(13-20)14-26-3/h4-8,13,17-18,26H,9-12,14-16H2,1-3H3/t17-,18+. The van der Waals surface area contributed by atoms with E-state index >= 15 is 0 Å². The van der Waals surface area contributed by atoms with Crippen molar-refractivity contribution < 1.29 is 9.47 Å². The Labute approximate surface area is 194 Å². The van der Waals surface area contributed by atoms with Crippen molar-refractivity contribution in [1.82, 2.24) is 20.3 Å². The van der Waals surface area contributed by atoms with Gasteiger partial charge in [0.15, 0.2) is 5.65 Å². The Morgan fingerprint density at radius 3 is 2.52 bits per heavy atom. The molecule has 0 amide bonds. The normalized spacial score (nSPS) is 21.5. The quantitative estimate of drug-likeness (QED) is 0.639. The highest BCUT2D eigenvalue weighted by molar-refractivity contribution is 5.90. The van der Waals surface area contributed by atoms with Crippen molar-refractivity contribution in [3.8, 4) is 11.3 Å².